The first-order chi connectivity index (χ1) is 14.8. The number of sulfonamides is 1. The minimum absolute atomic E-state index is 0.00999. The number of nitrogens with zero attached hydrogens (tertiary/aromatic N) is 2. The fraction of sp³-hybridized carbons (Fsp3) is 0.286. The summed E-state index contributed by atoms with van der Waals surface area (Å²) < 4.78 is 69.4. The van der Waals surface area contributed by atoms with Gasteiger partial charge in [-0.15, -0.1) is 0 Å². The maximum atomic E-state index is 13.1. The van der Waals surface area contributed by atoms with Gasteiger partial charge in [0.15, 0.2) is 0 Å². The van der Waals surface area contributed by atoms with Gasteiger partial charge in [0, 0.05) is 37.8 Å². The highest BCUT2D eigenvalue weighted by molar-refractivity contribution is 7.89. The summed E-state index contributed by atoms with van der Waals surface area (Å²) in [5.41, 5.74) is 0.325. The number of carbonyl (C=O) groups excluding carboxylic acids is 1. The molecule has 1 aliphatic heterocycles. The van der Waals surface area contributed by atoms with Crippen LogP contribution < -0.4 is 4.74 Å². The van der Waals surface area contributed by atoms with Gasteiger partial charge in [-0.1, -0.05) is 18.2 Å². The summed E-state index contributed by atoms with van der Waals surface area (Å²) in [5.74, 6) is -0.944. The second-order valence-corrected chi connectivity index (χ2v) is 8.72. The molecule has 0 N–H and O–H groups in total. The van der Waals surface area contributed by atoms with E-state index in [1.807, 2.05) is 0 Å². The minimum atomic E-state index is -3.80. The lowest BCUT2D eigenvalue weighted by Crippen LogP contribution is -2.36. The van der Waals surface area contributed by atoms with Crippen molar-refractivity contribution in [1.82, 2.24) is 9.21 Å². The minimum Gasteiger partial charge on any atom is -0.434 e. The van der Waals surface area contributed by atoms with Gasteiger partial charge in [0.05, 0.1) is 4.90 Å². The lowest BCUT2D eigenvalue weighted by Gasteiger charge is -2.21. The van der Waals surface area contributed by atoms with Gasteiger partial charge in [-0.2, -0.15) is 13.1 Å². The molecule has 166 valence electrons. The highest BCUT2D eigenvalue weighted by Gasteiger charge is 2.27. The number of para-hydroxylation sites is 1. The number of hydrogen-bond donors (Lipinski definition) is 0. The monoisotopic (exact) mass is 454 g/mol. The largest absolute Gasteiger partial charge is 0.434 e. The molecule has 0 aliphatic carbocycles. The lowest BCUT2D eigenvalue weighted by atomic mass is 10.2. The molecule has 6 nitrogen and oxygen atoms in total. The number of halogens is 3. The molecule has 0 unspecified atom stereocenters. The standard InChI is InChI=1S/C21H21F3N2O4S/c22-17-7-9-18(10-8-17)31(28,29)26-13-3-12-25(14-15-26)20(27)11-6-16-4-1-2-5-19(16)30-21(23)24/h1-2,4-11,21H,3,12-15H2/b11-6+. The van der Waals surface area contributed by atoms with Crippen molar-refractivity contribution in [3.63, 3.8) is 0 Å². The zero-order valence-electron chi connectivity index (χ0n) is 16.5. The van der Waals surface area contributed by atoms with Crippen LogP contribution in [0.15, 0.2) is 59.5 Å². The highest BCUT2D eigenvalue weighted by atomic mass is 32.2. The van der Waals surface area contributed by atoms with E-state index in [9.17, 15) is 26.4 Å². The van der Waals surface area contributed by atoms with Crippen LogP contribution in [-0.4, -0.2) is 56.3 Å². The van der Waals surface area contributed by atoms with Gasteiger partial charge >= 0.3 is 6.61 Å². The lowest BCUT2D eigenvalue weighted by molar-refractivity contribution is -0.125. The molecule has 10 heteroatoms. The molecule has 0 saturated carbocycles. The molecule has 1 fully saturated rings. The fourth-order valence-electron chi connectivity index (χ4n) is 3.20. The van der Waals surface area contributed by atoms with Crippen LogP contribution in [0, 0.1) is 5.82 Å². The van der Waals surface area contributed by atoms with Crippen molar-refractivity contribution in [2.24, 2.45) is 0 Å². The van der Waals surface area contributed by atoms with Gasteiger partial charge in [0.2, 0.25) is 15.9 Å². The number of amides is 1. The van der Waals surface area contributed by atoms with Gasteiger partial charge in [-0.3, -0.25) is 4.79 Å². The molecule has 0 aromatic heterocycles. The second kappa shape index (κ2) is 9.97. The predicted octanol–water partition coefficient (Wildman–Crippen LogP) is 3.36. The molecule has 0 bridgehead atoms. The highest BCUT2D eigenvalue weighted by Crippen LogP contribution is 2.22. The molecule has 1 heterocycles. The van der Waals surface area contributed by atoms with E-state index in [0.717, 1.165) is 12.1 Å². The topological polar surface area (TPSA) is 66.9 Å². The van der Waals surface area contributed by atoms with Crippen LogP contribution in [0.2, 0.25) is 0 Å². The molecule has 1 amide bonds. The van der Waals surface area contributed by atoms with Crippen molar-refractivity contribution < 1.29 is 31.1 Å². The number of hydrogen-bond acceptors (Lipinski definition) is 4. The third-order valence-electron chi connectivity index (χ3n) is 4.76. The van der Waals surface area contributed by atoms with Crippen LogP contribution >= 0.6 is 0 Å². The van der Waals surface area contributed by atoms with E-state index < -0.39 is 22.5 Å². The summed E-state index contributed by atoms with van der Waals surface area (Å²) in [6.07, 6.45) is 3.06. The maximum absolute atomic E-state index is 13.1. The van der Waals surface area contributed by atoms with Crippen molar-refractivity contribution >= 4 is 22.0 Å². The fourth-order valence-corrected chi connectivity index (χ4v) is 4.67. The Morgan fingerprint density at radius 2 is 1.71 bits per heavy atom. The van der Waals surface area contributed by atoms with E-state index in [4.69, 9.17) is 0 Å². The normalized spacial score (nSPS) is 15.9. The van der Waals surface area contributed by atoms with Crippen LogP contribution in [0.25, 0.3) is 6.08 Å². The van der Waals surface area contributed by atoms with E-state index in [-0.39, 0.29) is 36.2 Å². The molecule has 1 saturated heterocycles. The Bertz CT molecular complexity index is 1040. The second-order valence-electron chi connectivity index (χ2n) is 6.79. The first-order valence-electron chi connectivity index (χ1n) is 9.54. The summed E-state index contributed by atoms with van der Waals surface area (Å²) in [6, 6.07) is 10.7. The third kappa shape index (κ3) is 5.86. The zero-order chi connectivity index (χ0) is 22.4. The van der Waals surface area contributed by atoms with E-state index >= 15 is 0 Å². The first-order valence-corrected chi connectivity index (χ1v) is 11.0. The first kappa shape index (κ1) is 22.8. The Balaban J connectivity index is 1.66. The summed E-state index contributed by atoms with van der Waals surface area (Å²) >= 11 is 0. The number of rotatable bonds is 6. The van der Waals surface area contributed by atoms with Gasteiger partial charge in [-0.05, 0) is 42.8 Å². The van der Waals surface area contributed by atoms with Gasteiger partial charge < -0.3 is 9.64 Å². The molecule has 0 radical (unpaired) electrons. The Morgan fingerprint density at radius 3 is 2.42 bits per heavy atom. The van der Waals surface area contributed by atoms with Crippen LogP contribution in [0.1, 0.15) is 12.0 Å². The van der Waals surface area contributed by atoms with Crippen molar-refractivity contribution in [2.45, 2.75) is 17.9 Å². The average molecular weight is 454 g/mol. The van der Waals surface area contributed by atoms with Gasteiger partial charge in [0.1, 0.15) is 11.6 Å². The smallest absolute Gasteiger partial charge is 0.387 e. The molecule has 2 aromatic rings. The van der Waals surface area contributed by atoms with Crippen LogP contribution in [-0.2, 0) is 14.8 Å². The molecular formula is C21H21F3N2O4S. The molecule has 3 rings (SSSR count). The van der Waals surface area contributed by atoms with Crippen LogP contribution in [0.4, 0.5) is 13.2 Å². The van der Waals surface area contributed by atoms with Gasteiger partial charge in [0.25, 0.3) is 0 Å². The number of ether oxygens (including phenoxy) is 1. The van der Waals surface area contributed by atoms with E-state index in [0.29, 0.717) is 18.5 Å². The zero-order valence-corrected chi connectivity index (χ0v) is 17.3. The molecule has 1 aliphatic rings. The van der Waals surface area contributed by atoms with Crippen LogP contribution in [0.3, 0.4) is 0 Å². The molecule has 0 spiro atoms. The number of carbonyl (C=O) groups is 1. The molecule has 0 atom stereocenters. The molecule has 2 aromatic carbocycles. The van der Waals surface area contributed by atoms with Crippen molar-refractivity contribution in [3.05, 3.63) is 66.0 Å². The Kier molecular flexibility index (Phi) is 7.34. The average Bonchev–Trinajstić information content (AvgIpc) is 3.00. The molecular weight excluding hydrogens is 433 g/mol. The third-order valence-corrected chi connectivity index (χ3v) is 6.67. The maximum Gasteiger partial charge on any atom is 0.387 e. The Morgan fingerprint density at radius 1 is 1.00 bits per heavy atom. The SMILES string of the molecule is O=C(/C=C/c1ccccc1OC(F)F)N1CCCN(S(=O)(=O)c2ccc(F)cc2)CC1. The van der Waals surface area contributed by atoms with Crippen molar-refractivity contribution in [2.75, 3.05) is 26.2 Å². The Labute approximate surface area is 178 Å². The van der Waals surface area contributed by atoms with E-state index in [1.54, 1.807) is 18.2 Å². The number of alkyl halides is 2. The van der Waals surface area contributed by atoms with Crippen LogP contribution in [0.5, 0.6) is 5.75 Å². The summed E-state index contributed by atoms with van der Waals surface area (Å²) in [6.45, 7) is -2.17. The van der Waals surface area contributed by atoms with E-state index in [1.165, 1.54) is 39.6 Å². The molecule has 31 heavy (non-hydrogen) atoms. The summed E-state index contributed by atoms with van der Waals surface area (Å²) in [7, 11) is -3.80. The number of benzene rings is 2. The van der Waals surface area contributed by atoms with Crippen molar-refractivity contribution in [3.8, 4) is 5.75 Å². The predicted molar refractivity (Wildman–Crippen MR) is 108 cm³/mol. The van der Waals surface area contributed by atoms with Gasteiger partial charge in [-0.25, -0.2) is 12.8 Å². The summed E-state index contributed by atoms with van der Waals surface area (Å²) in [5, 5.41) is 0. The van der Waals surface area contributed by atoms with Crippen molar-refractivity contribution in [1.29, 1.82) is 0 Å². The van der Waals surface area contributed by atoms with E-state index in [2.05, 4.69) is 4.74 Å². The Hall–Kier alpha value is -2.85. The summed E-state index contributed by atoms with van der Waals surface area (Å²) in [4.78, 5) is 14.0. The quantitative estimate of drug-likeness (QED) is 0.628.